The molecular formula is C15H14FN3O2. The van der Waals surface area contributed by atoms with Gasteiger partial charge < -0.3 is 10.6 Å². The Kier molecular flexibility index (Phi) is 3.43. The van der Waals surface area contributed by atoms with Crippen LogP contribution in [0.3, 0.4) is 0 Å². The van der Waals surface area contributed by atoms with Gasteiger partial charge in [0.25, 0.3) is 5.69 Å². The van der Waals surface area contributed by atoms with Crippen LogP contribution in [0.2, 0.25) is 0 Å². The van der Waals surface area contributed by atoms with E-state index in [-0.39, 0.29) is 5.69 Å². The molecule has 0 spiro atoms. The van der Waals surface area contributed by atoms with Crippen LogP contribution in [-0.4, -0.2) is 11.5 Å². The van der Waals surface area contributed by atoms with Crippen molar-refractivity contribution in [2.75, 3.05) is 17.2 Å². The van der Waals surface area contributed by atoms with Crippen molar-refractivity contribution < 1.29 is 9.31 Å². The number of anilines is 3. The summed E-state index contributed by atoms with van der Waals surface area (Å²) in [6.07, 6.45) is 2.06. The lowest BCUT2D eigenvalue weighted by molar-refractivity contribution is -0.385. The van der Waals surface area contributed by atoms with Gasteiger partial charge in [0.05, 0.1) is 11.0 Å². The largest absolute Gasteiger partial charge is 0.385 e. The molecule has 0 aromatic heterocycles. The molecule has 0 saturated carbocycles. The molecule has 0 bridgehead atoms. The van der Waals surface area contributed by atoms with Crippen molar-refractivity contribution >= 4 is 22.7 Å². The Bertz CT molecular complexity index is 703. The Morgan fingerprint density at radius 2 is 2.05 bits per heavy atom. The van der Waals surface area contributed by atoms with Crippen molar-refractivity contribution in [2.24, 2.45) is 0 Å². The molecule has 0 atom stereocenters. The number of nitrogens with one attached hydrogen (secondary N) is 2. The lowest BCUT2D eigenvalue weighted by Gasteiger charge is -2.19. The van der Waals surface area contributed by atoms with Gasteiger partial charge in [0.15, 0.2) is 0 Å². The molecule has 1 aliphatic heterocycles. The summed E-state index contributed by atoms with van der Waals surface area (Å²) in [5.74, 6) is -0.633. The van der Waals surface area contributed by atoms with E-state index in [1.807, 2.05) is 18.2 Å². The van der Waals surface area contributed by atoms with E-state index < -0.39 is 10.7 Å². The number of rotatable bonds is 3. The van der Waals surface area contributed by atoms with Crippen molar-refractivity contribution in [1.82, 2.24) is 0 Å². The summed E-state index contributed by atoms with van der Waals surface area (Å²) in [5.41, 5.74) is 3.19. The summed E-state index contributed by atoms with van der Waals surface area (Å²) >= 11 is 0. The highest BCUT2D eigenvalue weighted by Crippen LogP contribution is 2.28. The van der Waals surface area contributed by atoms with Crippen molar-refractivity contribution in [1.29, 1.82) is 0 Å². The average Bonchev–Trinajstić information content (AvgIpc) is 2.46. The lowest BCUT2D eigenvalue weighted by atomic mass is 10.0. The van der Waals surface area contributed by atoms with Gasteiger partial charge in [-0.15, -0.1) is 0 Å². The minimum Gasteiger partial charge on any atom is -0.385 e. The molecule has 6 heteroatoms. The number of nitrogens with zero attached hydrogens (tertiary/aromatic N) is 1. The van der Waals surface area contributed by atoms with E-state index >= 15 is 0 Å². The maximum absolute atomic E-state index is 13.4. The van der Waals surface area contributed by atoms with Gasteiger partial charge in [0, 0.05) is 29.7 Å². The number of nitro benzene ring substituents is 1. The van der Waals surface area contributed by atoms with E-state index in [0.29, 0.717) is 5.69 Å². The fraction of sp³-hybridized carbons (Fsp3) is 0.200. The highest BCUT2D eigenvalue weighted by Gasteiger charge is 2.12. The van der Waals surface area contributed by atoms with Gasteiger partial charge in [0.1, 0.15) is 5.82 Å². The zero-order valence-electron chi connectivity index (χ0n) is 11.2. The molecule has 0 amide bonds. The normalized spacial score (nSPS) is 13.2. The first-order chi connectivity index (χ1) is 10.1. The lowest BCUT2D eigenvalue weighted by Crippen LogP contribution is -2.11. The minimum atomic E-state index is -0.633. The van der Waals surface area contributed by atoms with E-state index in [0.717, 1.165) is 36.8 Å². The molecular weight excluding hydrogens is 273 g/mol. The number of halogens is 1. The van der Waals surface area contributed by atoms with Crippen molar-refractivity contribution in [3.05, 3.63) is 57.9 Å². The van der Waals surface area contributed by atoms with Crippen LogP contribution in [0.4, 0.5) is 27.1 Å². The van der Waals surface area contributed by atoms with Crippen LogP contribution < -0.4 is 10.6 Å². The van der Waals surface area contributed by atoms with E-state index in [2.05, 4.69) is 10.6 Å². The summed E-state index contributed by atoms with van der Waals surface area (Å²) in [4.78, 5) is 10.1. The van der Waals surface area contributed by atoms with Crippen LogP contribution >= 0.6 is 0 Å². The molecule has 0 fully saturated rings. The second kappa shape index (κ2) is 5.40. The van der Waals surface area contributed by atoms with Crippen LogP contribution in [0.15, 0.2) is 36.4 Å². The zero-order valence-corrected chi connectivity index (χ0v) is 11.2. The molecule has 3 rings (SSSR count). The minimum absolute atomic E-state index is 0.267. The third-order valence-electron chi connectivity index (χ3n) is 3.43. The van der Waals surface area contributed by atoms with Gasteiger partial charge in [-0.25, -0.2) is 4.39 Å². The van der Waals surface area contributed by atoms with Crippen molar-refractivity contribution in [3.8, 4) is 0 Å². The third-order valence-corrected chi connectivity index (χ3v) is 3.43. The van der Waals surface area contributed by atoms with Crippen LogP contribution in [-0.2, 0) is 6.42 Å². The molecule has 0 saturated heterocycles. The standard InChI is InChI=1S/C15H14FN3O2/c16-11-7-13(9-14(8-11)19(20)21)18-12-3-4-15-10(6-12)2-1-5-17-15/h3-4,6-9,17-18H,1-2,5H2. The molecule has 0 radical (unpaired) electrons. The van der Waals surface area contributed by atoms with Gasteiger partial charge in [-0.05, 0) is 42.7 Å². The summed E-state index contributed by atoms with van der Waals surface area (Å²) in [7, 11) is 0. The number of aryl methyl sites for hydroxylation is 1. The fourth-order valence-corrected chi connectivity index (χ4v) is 2.47. The molecule has 2 aromatic carbocycles. The predicted molar refractivity (Wildman–Crippen MR) is 79.6 cm³/mol. The maximum Gasteiger partial charge on any atom is 0.274 e. The summed E-state index contributed by atoms with van der Waals surface area (Å²) in [6, 6.07) is 9.28. The molecule has 2 aromatic rings. The quantitative estimate of drug-likeness (QED) is 0.665. The third kappa shape index (κ3) is 2.94. The smallest absolute Gasteiger partial charge is 0.274 e. The Morgan fingerprint density at radius 1 is 1.19 bits per heavy atom. The summed E-state index contributed by atoms with van der Waals surface area (Å²) in [5, 5.41) is 17.1. The number of nitro groups is 1. The number of hydrogen-bond acceptors (Lipinski definition) is 4. The summed E-state index contributed by atoms with van der Waals surface area (Å²) < 4.78 is 13.4. The molecule has 0 unspecified atom stereocenters. The first-order valence-electron chi connectivity index (χ1n) is 6.70. The second-order valence-electron chi connectivity index (χ2n) is 4.98. The number of non-ortho nitro benzene ring substituents is 1. The van der Waals surface area contributed by atoms with Gasteiger partial charge in [-0.1, -0.05) is 0 Å². The topological polar surface area (TPSA) is 67.2 Å². The molecule has 1 aliphatic rings. The first-order valence-corrected chi connectivity index (χ1v) is 6.70. The van der Waals surface area contributed by atoms with Gasteiger partial charge >= 0.3 is 0 Å². The first kappa shape index (κ1) is 13.4. The zero-order chi connectivity index (χ0) is 14.8. The maximum atomic E-state index is 13.4. The van der Waals surface area contributed by atoms with E-state index in [4.69, 9.17) is 0 Å². The van der Waals surface area contributed by atoms with E-state index in [9.17, 15) is 14.5 Å². The SMILES string of the molecule is O=[N+]([O-])c1cc(F)cc(Nc2ccc3c(c2)CCCN3)c1. The van der Waals surface area contributed by atoms with Crippen LogP contribution in [0, 0.1) is 15.9 Å². The molecule has 0 aliphatic carbocycles. The molecule has 2 N–H and O–H groups in total. The van der Waals surface area contributed by atoms with Crippen LogP contribution in [0.5, 0.6) is 0 Å². The highest BCUT2D eigenvalue weighted by atomic mass is 19.1. The molecule has 108 valence electrons. The Morgan fingerprint density at radius 3 is 2.86 bits per heavy atom. The van der Waals surface area contributed by atoms with Crippen molar-refractivity contribution in [2.45, 2.75) is 12.8 Å². The predicted octanol–water partition coefficient (Wildman–Crippen LogP) is 3.84. The van der Waals surface area contributed by atoms with Gasteiger partial charge in [-0.3, -0.25) is 10.1 Å². The van der Waals surface area contributed by atoms with Crippen molar-refractivity contribution in [3.63, 3.8) is 0 Å². The monoisotopic (exact) mass is 287 g/mol. The Balaban J connectivity index is 1.88. The van der Waals surface area contributed by atoms with Gasteiger partial charge in [0.2, 0.25) is 0 Å². The number of hydrogen-bond donors (Lipinski definition) is 2. The Labute approximate surface area is 120 Å². The second-order valence-corrected chi connectivity index (χ2v) is 4.98. The fourth-order valence-electron chi connectivity index (χ4n) is 2.47. The van der Waals surface area contributed by atoms with E-state index in [1.54, 1.807) is 0 Å². The average molecular weight is 287 g/mol. The van der Waals surface area contributed by atoms with Crippen LogP contribution in [0.25, 0.3) is 0 Å². The number of fused-ring (bicyclic) bond motifs is 1. The molecule has 1 heterocycles. The number of benzene rings is 2. The highest BCUT2D eigenvalue weighted by molar-refractivity contribution is 5.67. The summed E-state index contributed by atoms with van der Waals surface area (Å²) in [6.45, 7) is 0.968. The van der Waals surface area contributed by atoms with E-state index in [1.165, 1.54) is 17.7 Å². The van der Waals surface area contributed by atoms with Crippen LogP contribution in [0.1, 0.15) is 12.0 Å². The molecule has 5 nitrogen and oxygen atoms in total. The van der Waals surface area contributed by atoms with Gasteiger partial charge in [-0.2, -0.15) is 0 Å². The molecule has 21 heavy (non-hydrogen) atoms. The Hall–Kier alpha value is -2.63.